The molecule has 6 heteroatoms. The molecule has 0 radical (unpaired) electrons. The number of nitrogen functional groups attached to an aromatic ring is 1. The van der Waals surface area contributed by atoms with Crippen LogP contribution in [-0.2, 0) is 9.84 Å². The molecule has 4 nitrogen and oxygen atoms in total. The van der Waals surface area contributed by atoms with Crippen LogP contribution >= 0.6 is 0 Å². The second-order valence-corrected chi connectivity index (χ2v) is 6.05. The van der Waals surface area contributed by atoms with Gasteiger partial charge in [0, 0.05) is 6.07 Å². The molecule has 1 aliphatic rings. The Hall–Kier alpha value is -1.30. The van der Waals surface area contributed by atoms with E-state index in [1.807, 2.05) is 0 Å². The highest BCUT2D eigenvalue weighted by molar-refractivity contribution is 7.91. The van der Waals surface area contributed by atoms with Gasteiger partial charge in [-0.15, -0.1) is 0 Å². The molecule has 0 aromatic heterocycles. The fourth-order valence-corrected chi connectivity index (χ4v) is 3.23. The van der Waals surface area contributed by atoms with E-state index in [1.54, 1.807) is 0 Å². The molecule has 1 fully saturated rings. The number of ether oxygens (including phenoxy) is 1. The van der Waals surface area contributed by atoms with Gasteiger partial charge in [-0.1, -0.05) is 0 Å². The van der Waals surface area contributed by atoms with E-state index in [2.05, 4.69) is 0 Å². The Morgan fingerprint density at radius 2 is 2.19 bits per heavy atom. The molecule has 2 rings (SSSR count). The number of rotatable bonds is 2. The summed E-state index contributed by atoms with van der Waals surface area (Å²) < 4.78 is 40.7. The molecule has 0 aliphatic carbocycles. The SMILES string of the molecule is Nc1ccc(F)cc1OC1CCS(=O)(=O)C1. The molecule has 1 aromatic carbocycles. The van der Waals surface area contributed by atoms with Crippen molar-refractivity contribution in [3.8, 4) is 5.75 Å². The third-order valence-corrected chi connectivity index (χ3v) is 4.20. The van der Waals surface area contributed by atoms with Gasteiger partial charge in [-0.25, -0.2) is 12.8 Å². The standard InChI is InChI=1S/C10H12FNO3S/c11-7-1-2-9(12)10(5-7)15-8-3-4-16(13,14)6-8/h1-2,5,8H,3-4,6,12H2. The van der Waals surface area contributed by atoms with E-state index in [1.165, 1.54) is 18.2 Å². The van der Waals surface area contributed by atoms with Crippen molar-refractivity contribution in [1.82, 2.24) is 0 Å². The van der Waals surface area contributed by atoms with E-state index in [-0.39, 0.29) is 17.3 Å². The number of hydrogen-bond acceptors (Lipinski definition) is 4. The van der Waals surface area contributed by atoms with E-state index >= 15 is 0 Å². The zero-order chi connectivity index (χ0) is 11.8. The Morgan fingerprint density at radius 3 is 2.81 bits per heavy atom. The van der Waals surface area contributed by atoms with Crippen LogP contribution in [0.4, 0.5) is 10.1 Å². The Morgan fingerprint density at radius 1 is 1.44 bits per heavy atom. The predicted molar refractivity (Wildman–Crippen MR) is 58.5 cm³/mol. The van der Waals surface area contributed by atoms with Gasteiger partial charge < -0.3 is 10.5 Å². The van der Waals surface area contributed by atoms with Crippen molar-refractivity contribution in [1.29, 1.82) is 0 Å². The summed E-state index contributed by atoms with van der Waals surface area (Å²) >= 11 is 0. The Kier molecular flexibility index (Phi) is 2.75. The first-order valence-corrected chi connectivity index (χ1v) is 6.70. The third-order valence-electron chi connectivity index (χ3n) is 2.46. The van der Waals surface area contributed by atoms with Crippen LogP contribution in [0.1, 0.15) is 6.42 Å². The zero-order valence-corrected chi connectivity index (χ0v) is 9.34. The molecule has 1 aliphatic heterocycles. The molecule has 0 spiro atoms. The summed E-state index contributed by atoms with van der Waals surface area (Å²) in [5, 5.41) is 0. The number of hydrogen-bond donors (Lipinski definition) is 1. The molecule has 88 valence electrons. The summed E-state index contributed by atoms with van der Waals surface area (Å²) in [6.07, 6.45) is 0.00673. The lowest BCUT2D eigenvalue weighted by Crippen LogP contribution is -2.18. The summed E-state index contributed by atoms with van der Waals surface area (Å²) in [4.78, 5) is 0. The monoisotopic (exact) mass is 245 g/mol. The van der Waals surface area contributed by atoms with Gasteiger partial charge in [-0.2, -0.15) is 0 Å². The fourth-order valence-electron chi connectivity index (χ4n) is 1.64. The van der Waals surface area contributed by atoms with E-state index in [0.29, 0.717) is 12.1 Å². The highest BCUT2D eigenvalue weighted by Crippen LogP contribution is 2.26. The minimum Gasteiger partial charge on any atom is -0.487 e. The molecule has 0 saturated carbocycles. The van der Waals surface area contributed by atoms with Gasteiger partial charge in [0.2, 0.25) is 0 Å². The zero-order valence-electron chi connectivity index (χ0n) is 8.52. The second kappa shape index (κ2) is 3.93. The maximum absolute atomic E-state index is 12.9. The van der Waals surface area contributed by atoms with Crippen LogP contribution in [0.2, 0.25) is 0 Å². The summed E-state index contributed by atoms with van der Waals surface area (Å²) in [6.45, 7) is 0. The highest BCUT2D eigenvalue weighted by Gasteiger charge is 2.29. The van der Waals surface area contributed by atoms with Crippen molar-refractivity contribution in [2.24, 2.45) is 0 Å². The molecule has 0 bridgehead atoms. The first kappa shape index (κ1) is 11.2. The van der Waals surface area contributed by atoms with Crippen LogP contribution in [0, 0.1) is 5.82 Å². The predicted octanol–water partition coefficient (Wildman–Crippen LogP) is 0.974. The van der Waals surface area contributed by atoms with Crippen LogP contribution in [-0.4, -0.2) is 26.0 Å². The lowest BCUT2D eigenvalue weighted by Gasteiger charge is -2.13. The van der Waals surface area contributed by atoms with Crippen molar-refractivity contribution in [2.45, 2.75) is 12.5 Å². The average Bonchev–Trinajstić information content (AvgIpc) is 2.52. The van der Waals surface area contributed by atoms with E-state index in [0.717, 1.165) is 0 Å². The van der Waals surface area contributed by atoms with Gasteiger partial charge in [0.1, 0.15) is 17.7 Å². The van der Waals surface area contributed by atoms with Crippen LogP contribution in [0.15, 0.2) is 18.2 Å². The fraction of sp³-hybridized carbons (Fsp3) is 0.400. The number of halogens is 1. The molecule has 0 amide bonds. The van der Waals surface area contributed by atoms with Crippen LogP contribution in [0.25, 0.3) is 0 Å². The van der Waals surface area contributed by atoms with Crippen molar-refractivity contribution in [3.63, 3.8) is 0 Å². The van der Waals surface area contributed by atoms with Crippen molar-refractivity contribution >= 4 is 15.5 Å². The molecular weight excluding hydrogens is 233 g/mol. The van der Waals surface area contributed by atoms with Gasteiger partial charge in [0.05, 0.1) is 17.2 Å². The van der Waals surface area contributed by atoms with E-state index in [4.69, 9.17) is 10.5 Å². The van der Waals surface area contributed by atoms with Crippen molar-refractivity contribution in [2.75, 3.05) is 17.2 Å². The Labute approximate surface area is 93.1 Å². The van der Waals surface area contributed by atoms with Crippen molar-refractivity contribution < 1.29 is 17.5 Å². The highest BCUT2D eigenvalue weighted by atomic mass is 32.2. The molecule has 1 aromatic rings. The minimum absolute atomic E-state index is 0.0248. The van der Waals surface area contributed by atoms with Gasteiger partial charge in [-0.05, 0) is 18.6 Å². The van der Waals surface area contributed by atoms with Crippen LogP contribution in [0.5, 0.6) is 5.75 Å². The third kappa shape index (κ3) is 2.44. The number of anilines is 1. The maximum atomic E-state index is 12.9. The summed E-state index contributed by atoms with van der Waals surface area (Å²) in [5.41, 5.74) is 5.90. The van der Waals surface area contributed by atoms with Gasteiger partial charge in [-0.3, -0.25) is 0 Å². The largest absolute Gasteiger partial charge is 0.487 e. The van der Waals surface area contributed by atoms with Gasteiger partial charge in [0.15, 0.2) is 9.84 Å². The molecular formula is C10H12FNO3S. The first-order valence-electron chi connectivity index (χ1n) is 4.88. The quantitative estimate of drug-likeness (QED) is 0.788. The van der Waals surface area contributed by atoms with Gasteiger partial charge in [0.25, 0.3) is 0 Å². The molecule has 1 atom stereocenters. The van der Waals surface area contributed by atoms with Crippen LogP contribution in [0.3, 0.4) is 0 Å². The molecule has 16 heavy (non-hydrogen) atoms. The smallest absolute Gasteiger partial charge is 0.154 e. The Bertz CT molecular complexity index is 501. The first-order chi connectivity index (χ1) is 7.46. The minimum atomic E-state index is -3.00. The lowest BCUT2D eigenvalue weighted by atomic mass is 10.2. The number of sulfone groups is 1. The second-order valence-electron chi connectivity index (χ2n) is 3.83. The van der Waals surface area contributed by atoms with Crippen molar-refractivity contribution in [3.05, 3.63) is 24.0 Å². The molecule has 2 N–H and O–H groups in total. The van der Waals surface area contributed by atoms with Gasteiger partial charge >= 0.3 is 0 Å². The molecule has 1 heterocycles. The summed E-state index contributed by atoms with van der Waals surface area (Å²) in [5.74, 6) is -0.150. The Balaban J connectivity index is 2.13. The topological polar surface area (TPSA) is 69.4 Å². The summed E-state index contributed by atoms with van der Waals surface area (Å²) in [6, 6.07) is 3.79. The van der Waals surface area contributed by atoms with E-state index in [9.17, 15) is 12.8 Å². The molecule has 1 unspecified atom stereocenters. The number of benzene rings is 1. The number of nitrogens with two attached hydrogens (primary N) is 1. The average molecular weight is 245 g/mol. The van der Waals surface area contributed by atoms with Crippen LogP contribution < -0.4 is 10.5 Å². The summed E-state index contributed by atoms with van der Waals surface area (Å²) in [7, 11) is -3.00. The normalized spacial score (nSPS) is 23.2. The van der Waals surface area contributed by atoms with E-state index < -0.39 is 21.8 Å². The maximum Gasteiger partial charge on any atom is 0.154 e. The lowest BCUT2D eigenvalue weighted by molar-refractivity contribution is 0.229. The molecule has 1 saturated heterocycles.